The van der Waals surface area contributed by atoms with Crippen molar-refractivity contribution >= 4 is 29.5 Å². The monoisotopic (exact) mass is 817 g/mol. The lowest BCUT2D eigenvalue weighted by Gasteiger charge is -2.38. The molecule has 4 N–H and O–H groups in total. The molecular formula is C43H72N6O9. The van der Waals surface area contributed by atoms with Gasteiger partial charge < -0.3 is 40.3 Å². The molecule has 1 aromatic rings. The van der Waals surface area contributed by atoms with Crippen LogP contribution in [0.15, 0.2) is 30.3 Å². The Kier molecular flexibility index (Phi) is 19.5. The molecule has 2 fully saturated rings. The lowest BCUT2D eigenvalue weighted by Crippen LogP contribution is -2.56. The number of likely N-dealkylation sites (tertiary alicyclic amines) is 1. The fraction of sp³-hybridized carbons (Fsp3) is 0.744. The number of hydrogen-bond acceptors (Lipinski definition) is 10. The molecule has 2 aliphatic rings. The van der Waals surface area contributed by atoms with E-state index in [1.165, 1.54) is 7.11 Å². The van der Waals surface area contributed by atoms with E-state index >= 15 is 0 Å². The number of amides is 5. The zero-order valence-corrected chi connectivity index (χ0v) is 36.7. The number of aliphatic hydroxyl groups excluding tert-OH is 1. The van der Waals surface area contributed by atoms with Crippen LogP contribution < -0.4 is 16.0 Å². The van der Waals surface area contributed by atoms with Crippen LogP contribution in [0.2, 0.25) is 0 Å². The summed E-state index contributed by atoms with van der Waals surface area (Å²) in [6.45, 7) is 14.4. The van der Waals surface area contributed by atoms with Gasteiger partial charge in [0.2, 0.25) is 23.6 Å². The molecule has 0 spiro atoms. The maximum Gasteiger partial charge on any atom is 0.269 e. The van der Waals surface area contributed by atoms with Gasteiger partial charge in [-0.2, -0.15) is 0 Å². The fourth-order valence-corrected chi connectivity index (χ4v) is 8.27. The van der Waals surface area contributed by atoms with Crippen LogP contribution in [0.5, 0.6) is 0 Å². The molecule has 0 radical (unpaired) electrons. The quantitative estimate of drug-likeness (QED) is 0.136. The number of likely N-dealkylation sites (N-methyl/N-ethyl adjacent to an activating group) is 2. The Hall–Kier alpha value is -3.63. The molecule has 0 bridgehead atoms. The maximum atomic E-state index is 14.3. The molecule has 0 aromatic heterocycles. The molecular weight excluding hydrogens is 745 g/mol. The van der Waals surface area contributed by atoms with Crippen molar-refractivity contribution < 1.29 is 43.4 Å². The number of benzene rings is 1. The largest absolute Gasteiger partial charge is 0.389 e. The number of hydroxylamine groups is 2. The summed E-state index contributed by atoms with van der Waals surface area (Å²) in [6.07, 6.45) is 0.456. The van der Waals surface area contributed by atoms with Crippen molar-refractivity contribution in [3.63, 3.8) is 0 Å². The molecule has 1 unspecified atom stereocenters. The first kappa shape index (κ1) is 48.7. The second kappa shape index (κ2) is 23.2. The average Bonchev–Trinajstić information content (AvgIpc) is 3.87. The third-order valence-electron chi connectivity index (χ3n) is 12.0. The van der Waals surface area contributed by atoms with E-state index in [-0.39, 0.29) is 67.4 Å². The highest BCUT2D eigenvalue weighted by molar-refractivity contribution is 5.90. The number of aliphatic hydroxyl groups is 1. The van der Waals surface area contributed by atoms with Crippen molar-refractivity contribution in [1.82, 2.24) is 30.8 Å². The van der Waals surface area contributed by atoms with Crippen LogP contribution in [0.3, 0.4) is 0 Å². The van der Waals surface area contributed by atoms with Gasteiger partial charge in [0.15, 0.2) is 0 Å². The third-order valence-corrected chi connectivity index (χ3v) is 12.0. The first-order valence-corrected chi connectivity index (χ1v) is 21.0. The van der Waals surface area contributed by atoms with E-state index in [2.05, 4.69) is 29.8 Å². The van der Waals surface area contributed by atoms with Crippen LogP contribution >= 0.6 is 0 Å². The van der Waals surface area contributed by atoms with Gasteiger partial charge in [0.25, 0.3) is 5.91 Å². The topological polar surface area (TPSA) is 179 Å². The summed E-state index contributed by atoms with van der Waals surface area (Å²) in [7, 11) is 6.58. The van der Waals surface area contributed by atoms with E-state index in [0.717, 1.165) is 23.5 Å². The highest BCUT2D eigenvalue weighted by atomic mass is 16.7. The summed E-state index contributed by atoms with van der Waals surface area (Å²) in [5.41, 5.74) is 0.846. The standard InChI is InChI=1S/C43H72N6O9/c1-12-28(6)32(24-47(9)43(55)38(27(4)5)46-41(53)37(44-8)26(2)3)35(56-10)22-36(51)48-20-16-19-34(48)39(57-11)29(7)40(52)45-33(21-30-17-14-13-15-18-30)42(54)49-23-31(50)25-58-49/h13-15,17-18,26-29,31-35,37-39,44,50H,12,16,19-25H2,1-11H3,(H,45,52)(H,46,53)/t28-,29+,31?,32-,33-,34-,35+,37-,38-,39+/m0/s1. The Bertz CT molecular complexity index is 1480. The molecule has 1 aromatic carbocycles. The molecule has 15 nitrogen and oxygen atoms in total. The second-order valence-electron chi connectivity index (χ2n) is 16.9. The molecule has 15 heteroatoms. The minimum absolute atomic E-state index is 0.00330. The second-order valence-corrected chi connectivity index (χ2v) is 16.9. The van der Waals surface area contributed by atoms with Gasteiger partial charge in [0, 0.05) is 46.7 Å². The summed E-state index contributed by atoms with van der Waals surface area (Å²) in [5, 5.41) is 20.0. The molecule has 10 atom stereocenters. The molecule has 2 heterocycles. The van der Waals surface area contributed by atoms with Crippen molar-refractivity contribution in [3.8, 4) is 0 Å². The summed E-state index contributed by atoms with van der Waals surface area (Å²) in [5.74, 6) is -2.37. The third kappa shape index (κ3) is 12.9. The molecule has 3 rings (SSSR count). The zero-order valence-electron chi connectivity index (χ0n) is 36.7. The number of nitrogens with zero attached hydrogens (tertiary/aromatic N) is 3. The van der Waals surface area contributed by atoms with Crippen LogP contribution in [-0.4, -0.2) is 147 Å². The Morgan fingerprint density at radius 2 is 1.60 bits per heavy atom. The summed E-state index contributed by atoms with van der Waals surface area (Å²) in [6, 6.07) is 6.83. The van der Waals surface area contributed by atoms with E-state index in [9.17, 15) is 29.1 Å². The van der Waals surface area contributed by atoms with Crippen molar-refractivity contribution in [2.75, 3.05) is 54.6 Å². The minimum Gasteiger partial charge on any atom is -0.389 e. The van der Waals surface area contributed by atoms with Gasteiger partial charge in [-0.05, 0) is 43.2 Å². The molecule has 0 aliphatic carbocycles. The first-order valence-electron chi connectivity index (χ1n) is 21.0. The highest BCUT2D eigenvalue weighted by Crippen LogP contribution is 2.30. The predicted molar refractivity (Wildman–Crippen MR) is 221 cm³/mol. The van der Waals surface area contributed by atoms with Crippen LogP contribution in [0.1, 0.15) is 79.7 Å². The van der Waals surface area contributed by atoms with Gasteiger partial charge in [-0.3, -0.25) is 28.8 Å². The van der Waals surface area contributed by atoms with Crippen molar-refractivity contribution in [1.29, 1.82) is 0 Å². The minimum atomic E-state index is -0.955. The van der Waals surface area contributed by atoms with Crippen LogP contribution in [-0.2, 0) is 44.7 Å². The number of hydrogen-bond donors (Lipinski definition) is 4. The van der Waals surface area contributed by atoms with E-state index in [4.69, 9.17) is 14.3 Å². The molecule has 0 saturated carbocycles. The lowest BCUT2D eigenvalue weighted by atomic mass is 9.84. The van der Waals surface area contributed by atoms with Crippen LogP contribution in [0.25, 0.3) is 0 Å². The van der Waals surface area contributed by atoms with E-state index in [1.54, 1.807) is 37.9 Å². The van der Waals surface area contributed by atoms with Crippen LogP contribution in [0, 0.1) is 29.6 Å². The zero-order chi connectivity index (χ0) is 43.3. The molecule has 58 heavy (non-hydrogen) atoms. The number of methoxy groups -OCH3 is 2. The van der Waals surface area contributed by atoms with Crippen LogP contribution in [0.4, 0.5) is 0 Å². The van der Waals surface area contributed by atoms with Gasteiger partial charge in [-0.25, -0.2) is 5.06 Å². The van der Waals surface area contributed by atoms with Gasteiger partial charge in [0.1, 0.15) is 24.8 Å². The number of ether oxygens (including phenoxy) is 2. The Labute approximate surface area is 346 Å². The fourth-order valence-electron chi connectivity index (χ4n) is 8.27. The van der Waals surface area contributed by atoms with Crippen molar-refractivity contribution in [2.45, 2.75) is 123 Å². The highest BCUT2D eigenvalue weighted by Gasteiger charge is 2.43. The van der Waals surface area contributed by atoms with Gasteiger partial charge in [0.05, 0.1) is 43.2 Å². The first-order chi connectivity index (χ1) is 27.5. The van der Waals surface area contributed by atoms with E-state index in [1.807, 2.05) is 58.0 Å². The summed E-state index contributed by atoms with van der Waals surface area (Å²) in [4.78, 5) is 77.7. The van der Waals surface area contributed by atoms with Gasteiger partial charge in [-0.15, -0.1) is 0 Å². The van der Waals surface area contributed by atoms with E-state index in [0.29, 0.717) is 19.5 Å². The molecule has 328 valence electrons. The number of rotatable bonds is 22. The smallest absolute Gasteiger partial charge is 0.269 e. The van der Waals surface area contributed by atoms with Gasteiger partial charge >= 0.3 is 0 Å². The number of β-amino-alcohol motifs (C(OH)–C–C–N with tert-alkyl or cyclic N) is 1. The predicted octanol–water partition coefficient (Wildman–Crippen LogP) is 2.40. The summed E-state index contributed by atoms with van der Waals surface area (Å²) >= 11 is 0. The Morgan fingerprint density at radius 3 is 2.14 bits per heavy atom. The van der Waals surface area contributed by atoms with E-state index < -0.39 is 60.2 Å². The average molecular weight is 817 g/mol. The van der Waals surface area contributed by atoms with Gasteiger partial charge in [-0.1, -0.05) is 85.2 Å². The Balaban J connectivity index is 1.75. The van der Waals surface area contributed by atoms with Crippen molar-refractivity contribution in [2.24, 2.45) is 29.6 Å². The molecule has 2 aliphatic heterocycles. The number of carbonyl (C=O) groups excluding carboxylic acids is 5. The number of nitrogens with one attached hydrogen (secondary N) is 3. The molecule has 2 saturated heterocycles. The maximum absolute atomic E-state index is 14.3. The van der Waals surface area contributed by atoms with Crippen molar-refractivity contribution in [3.05, 3.63) is 35.9 Å². The SMILES string of the molecule is CC[C@H](C)[C@H](CN(C)C(=O)[C@@H](NC(=O)[C@@H](NC)C(C)C)C(C)C)[C@@H](CC(=O)N1CCC[C@H]1[C@H](OC)[C@@H](C)C(=O)N[C@@H](Cc1ccccc1)C(=O)N1CC(O)CO1)OC. The lowest BCUT2D eigenvalue weighted by molar-refractivity contribution is -0.172. The summed E-state index contributed by atoms with van der Waals surface area (Å²) < 4.78 is 12.0. The number of carbonyl (C=O) groups is 5. The molecule has 5 amide bonds. The normalized spacial score (nSPS) is 21.2. The Morgan fingerprint density at radius 1 is 0.948 bits per heavy atom.